The molecule has 1 aliphatic heterocycles. The van der Waals surface area contributed by atoms with Crippen LogP contribution in [0.25, 0.3) is 6.08 Å². The van der Waals surface area contributed by atoms with Gasteiger partial charge < -0.3 is 0 Å². The highest BCUT2D eigenvalue weighted by atomic mass is 79.9. The first kappa shape index (κ1) is 13.7. The van der Waals surface area contributed by atoms with Crippen molar-refractivity contribution in [2.45, 2.75) is 19.3 Å². The molecule has 1 aromatic rings. The van der Waals surface area contributed by atoms with Crippen molar-refractivity contribution in [1.82, 2.24) is 4.90 Å². The van der Waals surface area contributed by atoms with Gasteiger partial charge in [0.1, 0.15) is 0 Å². The van der Waals surface area contributed by atoms with Gasteiger partial charge in [0, 0.05) is 30.5 Å². The molecule has 1 heterocycles. The fourth-order valence-electron chi connectivity index (χ4n) is 2.13. The Balaban J connectivity index is 1.90. The van der Waals surface area contributed by atoms with E-state index in [-0.39, 0.29) is 6.42 Å². The maximum absolute atomic E-state index is 12.1. The minimum Gasteiger partial charge on any atom is -0.299 e. The SMILES string of the molecule is FC(F)CCN1CCC(=Cc2ccc(Br)cc2)C1. The van der Waals surface area contributed by atoms with Crippen LogP contribution < -0.4 is 0 Å². The molecule has 4 heteroatoms. The number of nitrogens with zero attached hydrogens (tertiary/aromatic N) is 1. The van der Waals surface area contributed by atoms with E-state index in [1.54, 1.807) is 0 Å². The summed E-state index contributed by atoms with van der Waals surface area (Å²) in [5.41, 5.74) is 2.50. The quantitative estimate of drug-likeness (QED) is 0.805. The molecule has 0 N–H and O–H groups in total. The van der Waals surface area contributed by atoms with Gasteiger partial charge in [-0.1, -0.05) is 39.7 Å². The molecule has 98 valence electrons. The third kappa shape index (κ3) is 4.18. The van der Waals surface area contributed by atoms with E-state index >= 15 is 0 Å². The van der Waals surface area contributed by atoms with Crippen LogP contribution in [0, 0.1) is 0 Å². The van der Waals surface area contributed by atoms with Gasteiger partial charge in [-0.25, -0.2) is 8.78 Å². The van der Waals surface area contributed by atoms with E-state index < -0.39 is 6.43 Å². The van der Waals surface area contributed by atoms with Crippen molar-refractivity contribution in [2.75, 3.05) is 19.6 Å². The number of halogens is 3. The van der Waals surface area contributed by atoms with E-state index in [1.165, 1.54) is 11.1 Å². The monoisotopic (exact) mass is 315 g/mol. The van der Waals surface area contributed by atoms with Crippen LogP contribution in [0.4, 0.5) is 8.78 Å². The van der Waals surface area contributed by atoms with E-state index in [0.717, 1.165) is 24.0 Å². The summed E-state index contributed by atoms with van der Waals surface area (Å²) in [6, 6.07) is 8.13. The predicted octanol–water partition coefficient (Wildman–Crippen LogP) is 4.19. The Morgan fingerprint density at radius 3 is 2.67 bits per heavy atom. The van der Waals surface area contributed by atoms with Gasteiger partial charge in [-0.3, -0.25) is 4.90 Å². The van der Waals surface area contributed by atoms with Gasteiger partial charge in [0.25, 0.3) is 0 Å². The molecule has 1 aliphatic rings. The number of likely N-dealkylation sites (tertiary alicyclic amines) is 1. The van der Waals surface area contributed by atoms with Gasteiger partial charge in [-0.15, -0.1) is 0 Å². The smallest absolute Gasteiger partial charge is 0.239 e. The molecule has 0 amide bonds. The second kappa shape index (κ2) is 6.43. The lowest BCUT2D eigenvalue weighted by molar-refractivity contribution is 0.122. The average molecular weight is 316 g/mol. The molecular weight excluding hydrogens is 300 g/mol. The van der Waals surface area contributed by atoms with Crippen LogP contribution in [0.1, 0.15) is 18.4 Å². The molecule has 1 nitrogen and oxygen atoms in total. The third-order valence-electron chi connectivity index (χ3n) is 3.08. The van der Waals surface area contributed by atoms with E-state index in [1.807, 2.05) is 12.1 Å². The molecule has 2 rings (SSSR count). The molecule has 0 bridgehead atoms. The lowest BCUT2D eigenvalue weighted by Gasteiger charge is -2.13. The number of alkyl halides is 2. The lowest BCUT2D eigenvalue weighted by atomic mass is 10.1. The van der Waals surface area contributed by atoms with E-state index in [2.05, 4.69) is 39.0 Å². The van der Waals surface area contributed by atoms with Gasteiger partial charge in [0.05, 0.1) is 0 Å². The minimum absolute atomic E-state index is 0.0223. The predicted molar refractivity (Wildman–Crippen MR) is 73.8 cm³/mol. The highest BCUT2D eigenvalue weighted by Crippen LogP contribution is 2.20. The van der Waals surface area contributed by atoms with E-state index in [9.17, 15) is 8.78 Å². The normalized spacial score (nSPS) is 19.0. The van der Waals surface area contributed by atoms with Crippen LogP contribution >= 0.6 is 15.9 Å². The summed E-state index contributed by atoms with van der Waals surface area (Å²) in [5, 5.41) is 0. The molecule has 0 radical (unpaired) electrons. The Hall–Kier alpha value is -0.740. The van der Waals surface area contributed by atoms with Crippen LogP contribution in [0.2, 0.25) is 0 Å². The number of hydrogen-bond acceptors (Lipinski definition) is 1. The Morgan fingerprint density at radius 2 is 2.00 bits per heavy atom. The van der Waals surface area contributed by atoms with Gasteiger partial charge in [-0.05, 0) is 24.1 Å². The molecular formula is C14H16BrF2N. The summed E-state index contributed by atoms with van der Waals surface area (Å²) in [6.07, 6.45) is 0.934. The molecule has 0 spiro atoms. The summed E-state index contributed by atoms with van der Waals surface area (Å²) in [6.45, 7) is 2.22. The Morgan fingerprint density at radius 1 is 1.28 bits per heavy atom. The molecule has 1 aromatic carbocycles. The average Bonchev–Trinajstić information content (AvgIpc) is 2.77. The van der Waals surface area contributed by atoms with Gasteiger partial charge in [0.15, 0.2) is 0 Å². The maximum atomic E-state index is 12.1. The molecule has 18 heavy (non-hydrogen) atoms. The summed E-state index contributed by atoms with van der Waals surface area (Å²) in [7, 11) is 0. The zero-order valence-corrected chi connectivity index (χ0v) is 11.7. The first-order valence-electron chi connectivity index (χ1n) is 6.09. The van der Waals surface area contributed by atoms with Crippen molar-refractivity contribution in [3.8, 4) is 0 Å². The number of hydrogen-bond donors (Lipinski definition) is 0. The Kier molecular flexibility index (Phi) is 4.89. The van der Waals surface area contributed by atoms with Gasteiger partial charge >= 0.3 is 0 Å². The second-order valence-corrected chi connectivity index (χ2v) is 5.48. The molecule has 0 saturated carbocycles. The summed E-state index contributed by atoms with van der Waals surface area (Å²) < 4.78 is 25.3. The van der Waals surface area contributed by atoms with Crippen molar-refractivity contribution in [3.05, 3.63) is 39.9 Å². The second-order valence-electron chi connectivity index (χ2n) is 4.56. The van der Waals surface area contributed by atoms with Crippen LogP contribution in [0.3, 0.4) is 0 Å². The molecule has 1 saturated heterocycles. The summed E-state index contributed by atoms with van der Waals surface area (Å²) in [4.78, 5) is 2.09. The highest BCUT2D eigenvalue weighted by Gasteiger charge is 2.17. The van der Waals surface area contributed by atoms with E-state index in [4.69, 9.17) is 0 Å². The number of benzene rings is 1. The highest BCUT2D eigenvalue weighted by molar-refractivity contribution is 9.10. The fourth-order valence-corrected chi connectivity index (χ4v) is 2.39. The van der Waals surface area contributed by atoms with Crippen molar-refractivity contribution >= 4 is 22.0 Å². The molecule has 1 fully saturated rings. The van der Waals surface area contributed by atoms with Crippen molar-refractivity contribution < 1.29 is 8.78 Å². The van der Waals surface area contributed by atoms with Crippen LogP contribution in [0.15, 0.2) is 34.3 Å². The van der Waals surface area contributed by atoms with Crippen LogP contribution in [-0.2, 0) is 0 Å². The lowest BCUT2D eigenvalue weighted by Crippen LogP contribution is -2.22. The third-order valence-corrected chi connectivity index (χ3v) is 3.61. The zero-order chi connectivity index (χ0) is 13.0. The Labute approximate surface area is 115 Å². The molecule has 0 atom stereocenters. The molecule has 0 aliphatic carbocycles. The molecule has 0 aromatic heterocycles. The largest absolute Gasteiger partial charge is 0.299 e. The molecule has 0 unspecified atom stereocenters. The van der Waals surface area contributed by atoms with Gasteiger partial charge in [-0.2, -0.15) is 0 Å². The maximum Gasteiger partial charge on any atom is 0.239 e. The summed E-state index contributed by atoms with van der Waals surface area (Å²) >= 11 is 3.40. The zero-order valence-electron chi connectivity index (χ0n) is 10.1. The van der Waals surface area contributed by atoms with Crippen molar-refractivity contribution in [3.63, 3.8) is 0 Å². The first-order chi connectivity index (χ1) is 8.63. The Bertz CT molecular complexity index is 414. The van der Waals surface area contributed by atoms with Crippen molar-refractivity contribution in [1.29, 1.82) is 0 Å². The minimum atomic E-state index is -2.19. The van der Waals surface area contributed by atoms with E-state index in [0.29, 0.717) is 6.54 Å². The van der Waals surface area contributed by atoms with Crippen LogP contribution in [0.5, 0.6) is 0 Å². The topological polar surface area (TPSA) is 3.24 Å². The fraction of sp³-hybridized carbons (Fsp3) is 0.429. The van der Waals surface area contributed by atoms with Gasteiger partial charge in [0.2, 0.25) is 6.43 Å². The van der Waals surface area contributed by atoms with Crippen molar-refractivity contribution in [2.24, 2.45) is 0 Å². The standard InChI is InChI=1S/C14H16BrF2N/c15-13-3-1-11(2-4-13)9-12-5-7-18(10-12)8-6-14(16)17/h1-4,9,14H,5-8,10H2. The first-order valence-corrected chi connectivity index (χ1v) is 6.88. The van der Waals surface area contributed by atoms with Crippen LogP contribution in [-0.4, -0.2) is 31.0 Å². The summed E-state index contributed by atoms with van der Waals surface area (Å²) in [5.74, 6) is 0. The number of rotatable bonds is 4.